The van der Waals surface area contributed by atoms with Crippen LogP contribution < -0.4 is 4.90 Å². The van der Waals surface area contributed by atoms with Gasteiger partial charge in [-0.1, -0.05) is 55.8 Å². The standard InChI is InChI=1S/C22H27NS/c1-15-11-13-16(14-12-15)23-19-17-9-7-8-10-18(17)22(23,6)24-21(4,5)20(19,2)3/h7-14,19H,1-6H3. The molecule has 2 aromatic rings. The maximum atomic E-state index is 2.67. The van der Waals surface area contributed by atoms with E-state index in [1.165, 1.54) is 22.4 Å². The number of anilines is 1. The molecule has 0 aliphatic carbocycles. The van der Waals surface area contributed by atoms with Crippen molar-refractivity contribution in [3.05, 3.63) is 65.2 Å². The number of nitrogens with zero attached hydrogens (tertiary/aromatic N) is 1. The number of fused-ring (bicyclic) bond motifs is 5. The smallest absolute Gasteiger partial charge is 0.110 e. The average molecular weight is 338 g/mol. The molecule has 2 heteroatoms. The summed E-state index contributed by atoms with van der Waals surface area (Å²) >= 11 is 2.12. The summed E-state index contributed by atoms with van der Waals surface area (Å²) in [5, 5.41) is 0. The lowest BCUT2D eigenvalue weighted by molar-refractivity contribution is 0.198. The molecule has 1 nitrogen and oxygen atoms in total. The summed E-state index contributed by atoms with van der Waals surface area (Å²) in [6, 6.07) is 18.5. The zero-order valence-corrected chi connectivity index (χ0v) is 16.4. The van der Waals surface area contributed by atoms with Gasteiger partial charge in [0.15, 0.2) is 0 Å². The van der Waals surface area contributed by atoms with Crippen LogP contribution in [0.3, 0.4) is 0 Å². The molecule has 0 N–H and O–H groups in total. The number of thioether (sulfide) groups is 1. The minimum absolute atomic E-state index is 0.0183. The van der Waals surface area contributed by atoms with E-state index in [-0.39, 0.29) is 15.0 Å². The first kappa shape index (κ1) is 16.1. The fraction of sp³-hybridized carbons (Fsp3) is 0.455. The van der Waals surface area contributed by atoms with Crippen molar-refractivity contribution >= 4 is 17.4 Å². The first-order valence-electron chi connectivity index (χ1n) is 8.84. The van der Waals surface area contributed by atoms with Gasteiger partial charge in [-0.05, 0) is 51.0 Å². The number of hydrogen-bond acceptors (Lipinski definition) is 2. The Morgan fingerprint density at radius 1 is 0.875 bits per heavy atom. The molecule has 2 aromatic carbocycles. The van der Waals surface area contributed by atoms with Crippen LogP contribution in [0.2, 0.25) is 0 Å². The van der Waals surface area contributed by atoms with E-state index in [0.29, 0.717) is 6.04 Å². The van der Waals surface area contributed by atoms with Crippen molar-refractivity contribution in [3.63, 3.8) is 0 Å². The average Bonchev–Trinajstić information content (AvgIpc) is 2.74. The van der Waals surface area contributed by atoms with Crippen molar-refractivity contribution in [3.8, 4) is 0 Å². The Labute approximate surface area is 150 Å². The maximum absolute atomic E-state index is 2.67. The van der Waals surface area contributed by atoms with Crippen LogP contribution in [0.15, 0.2) is 48.5 Å². The molecule has 1 saturated heterocycles. The summed E-state index contributed by atoms with van der Waals surface area (Å²) in [7, 11) is 0. The molecule has 0 aromatic heterocycles. The third-order valence-electron chi connectivity index (χ3n) is 6.47. The van der Waals surface area contributed by atoms with E-state index in [4.69, 9.17) is 0 Å². The highest BCUT2D eigenvalue weighted by Gasteiger charge is 2.63. The van der Waals surface area contributed by atoms with Crippen LogP contribution >= 0.6 is 11.8 Å². The summed E-state index contributed by atoms with van der Waals surface area (Å²) in [5.41, 5.74) is 5.80. The van der Waals surface area contributed by atoms with E-state index in [1.54, 1.807) is 0 Å². The van der Waals surface area contributed by atoms with Gasteiger partial charge < -0.3 is 4.90 Å². The molecule has 0 saturated carbocycles. The Morgan fingerprint density at radius 3 is 2.17 bits per heavy atom. The van der Waals surface area contributed by atoms with Crippen LogP contribution in [-0.2, 0) is 4.87 Å². The predicted octanol–water partition coefficient (Wildman–Crippen LogP) is 6.28. The number of benzene rings is 2. The Bertz CT molecular complexity index is 790. The second kappa shape index (κ2) is 4.82. The zero-order chi connectivity index (χ0) is 17.3. The molecule has 2 atom stereocenters. The van der Waals surface area contributed by atoms with Crippen LogP contribution in [0.5, 0.6) is 0 Å². The second-order valence-corrected chi connectivity index (χ2v) is 10.5. The Morgan fingerprint density at radius 2 is 1.50 bits per heavy atom. The fourth-order valence-electron chi connectivity index (χ4n) is 4.55. The van der Waals surface area contributed by atoms with E-state index in [0.717, 1.165) is 0 Å². The van der Waals surface area contributed by atoms with Crippen molar-refractivity contribution in [1.82, 2.24) is 0 Å². The van der Waals surface area contributed by atoms with Gasteiger partial charge in [-0.3, -0.25) is 0 Å². The summed E-state index contributed by atoms with van der Waals surface area (Å²) in [4.78, 5) is 2.66. The van der Waals surface area contributed by atoms with Crippen LogP contribution in [0.4, 0.5) is 5.69 Å². The molecular formula is C22H27NS. The third kappa shape index (κ3) is 1.89. The molecule has 24 heavy (non-hydrogen) atoms. The highest BCUT2D eigenvalue weighted by molar-refractivity contribution is 8.01. The van der Waals surface area contributed by atoms with E-state index < -0.39 is 0 Å². The molecule has 0 spiro atoms. The predicted molar refractivity (Wildman–Crippen MR) is 106 cm³/mol. The van der Waals surface area contributed by atoms with Gasteiger partial charge in [0.2, 0.25) is 0 Å². The van der Waals surface area contributed by atoms with Gasteiger partial charge >= 0.3 is 0 Å². The molecule has 0 amide bonds. The van der Waals surface area contributed by atoms with Gasteiger partial charge in [0.25, 0.3) is 0 Å². The number of aryl methyl sites for hydroxylation is 1. The van der Waals surface area contributed by atoms with Gasteiger partial charge in [-0.25, -0.2) is 0 Å². The van der Waals surface area contributed by atoms with E-state index in [1.807, 2.05) is 0 Å². The van der Waals surface area contributed by atoms with E-state index >= 15 is 0 Å². The molecule has 2 unspecified atom stereocenters. The first-order chi connectivity index (χ1) is 11.2. The topological polar surface area (TPSA) is 3.24 Å². The van der Waals surface area contributed by atoms with E-state index in [2.05, 4.69) is 107 Å². The molecule has 4 rings (SSSR count). The number of hydrogen-bond donors (Lipinski definition) is 0. The van der Waals surface area contributed by atoms with Crippen molar-refractivity contribution in [2.45, 2.75) is 57.2 Å². The Kier molecular flexibility index (Phi) is 3.23. The van der Waals surface area contributed by atoms with Crippen molar-refractivity contribution in [1.29, 1.82) is 0 Å². The normalized spacial score (nSPS) is 29.4. The maximum Gasteiger partial charge on any atom is 0.110 e. The van der Waals surface area contributed by atoms with Crippen molar-refractivity contribution < 1.29 is 0 Å². The Hall–Kier alpha value is -1.41. The lowest BCUT2D eigenvalue weighted by Gasteiger charge is -2.59. The molecule has 2 bridgehead atoms. The van der Waals surface area contributed by atoms with Gasteiger partial charge in [0.1, 0.15) is 4.87 Å². The van der Waals surface area contributed by atoms with Crippen LogP contribution in [-0.4, -0.2) is 4.75 Å². The minimum atomic E-state index is -0.0183. The monoisotopic (exact) mass is 337 g/mol. The molecule has 0 radical (unpaired) electrons. The molecular weight excluding hydrogens is 310 g/mol. The van der Waals surface area contributed by atoms with Crippen LogP contribution in [0.25, 0.3) is 0 Å². The van der Waals surface area contributed by atoms with Crippen LogP contribution in [0.1, 0.15) is 57.4 Å². The SMILES string of the molecule is Cc1ccc(N2C3c4ccccc4C2(C)SC(C)(C)C3(C)C)cc1. The number of rotatable bonds is 1. The van der Waals surface area contributed by atoms with E-state index in [9.17, 15) is 0 Å². The minimum Gasteiger partial charge on any atom is -0.345 e. The Balaban J connectivity index is 1.98. The van der Waals surface area contributed by atoms with Gasteiger partial charge in [-0.15, -0.1) is 11.8 Å². The summed E-state index contributed by atoms with van der Waals surface area (Å²) < 4.78 is 0.201. The largest absolute Gasteiger partial charge is 0.345 e. The van der Waals surface area contributed by atoms with Crippen LogP contribution in [0, 0.1) is 12.3 Å². The highest BCUT2D eigenvalue weighted by Crippen LogP contribution is 2.70. The zero-order valence-electron chi connectivity index (χ0n) is 15.6. The highest BCUT2D eigenvalue weighted by atomic mass is 32.2. The first-order valence-corrected chi connectivity index (χ1v) is 9.66. The summed E-state index contributed by atoms with van der Waals surface area (Å²) in [6.45, 7) is 14.3. The van der Waals surface area contributed by atoms with Gasteiger partial charge in [-0.2, -0.15) is 0 Å². The quantitative estimate of drug-likeness (QED) is 0.602. The lowest BCUT2D eigenvalue weighted by Crippen LogP contribution is -2.56. The fourth-order valence-corrected chi connectivity index (χ4v) is 6.52. The van der Waals surface area contributed by atoms with Gasteiger partial charge in [0, 0.05) is 15.8 Å². The van der Waals surface area contributed by atoms with Crippen molar-refractivity contribution in [2.75, 3.05) is 4.90 Å². The summed E-state index contributed by atoms with van der Waals surface area (Å²) in [5.74, 6) is 0. The third-order valence-corrected chi connectivity index (χ3v) is 8.32. The molecule has 2 aliphatic heterocycles. The summed E-state index contributed by atoms with van der Waals surface area (Å²) in [6.07, 6.45) is 0. The molecule has 2 heterocycles. The lowest BCUT2D eigenvalue weighted by atomic mass is 9.71. The second-order valence-electron chi connectivity index (χ2n) is 8.51. The van der Waals surface area contributed by atoms with Gasteiger partial charge in [0.05, 0.1) is 6.04 Å². The molecule has 1 fully saturated rings. The molecule has 126 valence electrons. The molecule has 2 aliphatic rings. The van der Waals surface area contributed by atoms with Crippen molar-refractivity contribution in [2.24, 2.45) is 5.41 Å².